The van der Waals surface area contributed by atoms with Crippen LogP contribution in [-0.4, -0.2) is 51.4 Å². The Bertz CT molecular complexity index is 1820. The van der Waals surface area contributed by atoms with Gasteiger partial charge in [-0.1, -0.05) is 102 Å². The maximum Gasteiger partial charge on any atom is 0.264 e. The summed E-state index contributed by atoms with van der Waals surface area (Å²) in [6, 6.07) is 24.1. The van der Waals surface area contributed by atoms with Crippen LogP contribution in [0.4, 0.5) is 5.69 Å². The molecule has 254 valence electrons. The van der Waals surface area contributed by atoms with E-state index in [0.717, 1.165) is 28.3 Å². The Morgan fingerprint density at radius 2 is 1.58 bits per heavy atom. The van der Waals surface area contributed by atoms with Gasteiger partial charge in [-0.2, -0.15) is 0 Å². The molecule has 4 aromatic rings. The summed E-state index contributed by atoms with van der Waals surface area (Å²) in [5, 5.41) is 3.82. The van der Waals surface area contributed by atoms with Crippen molar-refractivity contribution in [3.8, 4) is 5.75 Å². The quantitative estimate of drug-likeness (QED) is 0.127. The van der Waals surface area contributed by atoms with Gasteiger partial charge in [-0.15, -0.1) is 0 Å². The first kappa shape index (κ1) is 37.1. The van der Waals surface area contributed by atoms with E-state index in [2.05, 4.69) is 5.32 Å². The highest BCUT2D eigenvalue weighted by molar-refractivity contribution is 7.92. The first-order chi connectivity index (χ1) is 22.9. The van der Waals surface area contributed by atoms with Gasteiger partial charge in [0.25, 0.3) is 10.0 Å². The molecule has 0 aliphatic heterocycles. The number of ether oxygens (including phenoxy) is 1. The number of carbonyl (C=O) groups is 2. The summed E-state index contributed by atoms with van der Waals surface area (Å²) in [5.74, 6) is -0.809. The van der Waals surface area contributed by atoms with Crippen LogP contribution in [0.2, 0.25) is 15.1 Å². The minimum atomic E-state index is -4.35. The van der Waals surface area contributed by atoms with Gasteiger partial charge < -0.3 is 15.0 Å². The fraction of sp³-hybridized carbons (Fsp3) is 0.278. The lowest BCUT2D eigenvalue weighted by Gasteiger charge is -2.34. The molecule has 0 unspecified atom stereocenters. The topological polar surface area (TPSA) is 96.0 Å². The molecule has 0 radical (unpaired) electrons. The lowest BCUT2D eigenvalue weighted by Crippen LogP contribution is -2.53. The van der Waals surface area contributed by atoms with Gasteiger partial charge in [-0.25, -0.2) is 8.42 Å². The summed E-state index contributed by atoms with van der Waals surface area (Å²) in [7, 11) is -2.95. The van der Waals surface area contributed by atoms with Gasteiger partial charge in [-0.3, -0.25) is 13.9 Å². The number of halogens is 3. The van der Waals surface area contributed by atoms with Gasteiger partial charge in [-0.05, 0) is 66.9 Å². The Morgan fingerprint density at radius 1 is 0.875 bits per heavy atom. The van der Waals surface area contributed by atoms with E-state index in [9.17, 15) is 18.0 Å². The van der Waals surface area contributed by atoms with Crippen molar-refractivity contribution in [2.75, 3.05) is 24.5 Å². The van der Waals surface area contributed by atoms with E-state index >= 15 is 0 Å². The fourth-order valence-electron chi connectivity index (χ4n) is 5.10. The standard InChI is InChI=1S/C36H38Cl3N3O5S/c1-4-5-19-40-36(44)33(21-26-9-7-6-8-10-26)41(23-27-13-17-30(38)31(39)20-27)35(43)24-42(32-22-28(37)14-18-34(32)47-3)48(45,46)29-15-11-25(2)12-16-29/h6-18,20,22,33H,4-5,19,21,23-24H2,1-3H3,(H,40,44)/t33-/m1/s1. The summed E-state index contributed by atoms with van der Waals surface area (Å²) >= 11 is 18.9. The van der Waals surface area contributed by atoms with E-state index in [1.165, 1.54) is 36.3 Å². The normalized spacial score (nSPS) is 11.9. The molecule has 4 rings (SSSR count). The minimum absolute atomic E-state index is 0.0305. The Hall–Kier alpha value is -3.76. The van der Waals surface area contributed by atoms with Crippen LogP contribution in [0.15, 0.2) is 95.9 Å². The molecule has 0 saturated heterocycles. The van der Waals surface area contributed by atoms with E-state index in [1.54, 1.807) is 36.4 Å². The number of unbranched alkanes of at least 4 members (excludes halogenated alkanes) is 1. The molecule has 1 atom stereocenters. The second-order valence-corrected chi connectivity index (χ2v) is 14.4. The third-order valence-electron chi connectivity index (χ3n) is 7.74. The third-order valence-corrected chi connectivity index (χ3v) is 10.5. The minimum Gasteiger partial charge on any atom is -0.495 e. The van der Waals surface area contributed by atoms with Crippen molar-refractivity contribution in [1.29, 1.82) is 0 Å². The number of benzene rings is 4. The van der Waals surface area contributed by atoms with E-state index in [-0.39, 0.29) is 45.3 Å². The molecule has 0 aliphatic carbocycles. The first-order valence-corrected chi connectivity index (χ1v) is 18.0. The zero-order chi connectivity index (χ0) is 34.8. The number of hydrogen-bond donors (Lipinski definition) is 1. The zero-order valence-electron chi connectivity index (χ0n) is 27.0. The zero-order valence-corrected chi connectivity index (χ0v) is 30.0. The van der Waals surface area contributed by atoms with Gasteiger partial charge in [0.05, 0.1) is 27.7 Å². The summed E-state index contributed by atoms with van der Waals surface area (Å²) in [6.07, 6.45) is 1.79. The molecule has 1 N–H and O–H groups in total. The molecular weight excluding hydrogens is 693 g/mol. The van der Waals surface area contributed by atoms with Crippen LogP contribution in [0.1, 0.15) is 36.5 Å². The largest absolute Gasteiger partial charge is 0.495 e. The van der Waals surface area contributed by atoms with Gasteiger partial charge in [0.15, 0.2) is 0 Å². The molecule has 4 aromatic carbocycles. The van der Waals surface area contributed by atoms with E-state index in [4.69, 9.17) is 39.5 Å². The smallest absolute Gasteiger partial charge is 0.264 e. The predicted molar refractivity (Wildman–Crippen MR) is 193 cm³/mol. The Balaban J connectivity index is 1.85. The highest BCUT2D eigenvalue weighted by Crippen LogP contribution is 2.35. The lowest BCUT2D eigenvalue weighted by molar-refractivity contribution is -0.140. The SMILES string of the molecule is CCCCNC(=O)[C@@H](Cc1ccccc1)N(Cc1ccc(Cl)c(Cl)c1)C(=O)CN(c1cc(Cl)ccc1OC)S(=O)(=O)c1ccc(C)cc1. The molecule has 0 fully saturated rings. The number of nitrogens with zero attached hydrogens (tertiary/aromatic N) is 2. The molecule has 0 saturated carbocycles. The van der Waals surface area contributed by atoms with Crippen molar-refractivity contribution >= 4 is 62.3 Å². The van der Waals surface area contributed by atoms with E-state index in [0.29, 0.717) is 17.1 Å². The maximum atomic E-state index is 14.7. The summed E-state index contributed by atoms with van der Waals surface area (Å²) in [6.45, 7) is 3.56. The number of sulfonamides is 1. The van der Waals surface area contributed by atoms with Gasteiger partial charge in [0.1, 0.15) is 18.3 Å². The number of hydrogen-bond acceptors (Lipinski definition) is 5. The number of amides is 2. The summed E-state index contributed by atoms with van der Waals surface area (Å²) < 4.78 is 35.2. The second kappa shape index (κ2) is 17.1. The average molecular weight is 731 g/mol. The number of rotatable bonds is 15. The Morgan fingerprint density at radius 3 is 2.23 bits per heavy atom. The number of nitrogens with one attached hydrogen (secondary N) is 1. The molecule has 2 amide bonds. The Kier molecular flexibility index (Phi) is 13.2. The van der Waals surface area contributed by atoms with Crippen molar-refractivity contribution in [1.82, 2.24) is 10.2 Å². The maximum absolute atomic E-state index is 14.7. The van der Waals surface area contributed by atoms with Crippen LogP contribution in [0.3, 0.4) is 0 Å². The lowest BCUT2D eigenvalue weighted by atomic mass is 10.0. The number of carbonyl (C=O) groups excluding carboxylic acids is 2. The van der Waals surface area contributed by atoms with Gasteiger partial charge >= 0.3 is 0 Å². The van der Waals surface area contributed by atoms with Crippen molar-refractivity contribution in [3.05, 3.63) is 123 Å². The van der Waals surface area contributed by atoms with Gasteiger partial charge in [0, 0.05) is 24.5 Å². The highest BCUT2D eigenvalue weighted by Gasteiger charge is 2.35. The van der Waals surface area contributed by atoms with Gasteiger partial charge in [0.2, 0.25) is 11.8 Å². The van der Waals surface area contributed by atoms with Crippen LogP contribution in [0.5, 0.6) is 5.75 Å². The Labute approximate surface area is 297 Å². The molecule has 0 spiro atoms. The molecule has 0 aliphatic rings. The monoisotopic (exact) mass is 729 g/mol. The molecule has 0 aromatic heterocycles. The van der Waals surface area contributed by atoms with Crippen molar-refractivity contribution in [2.45, 2.75) is 50.6 Å². The number of methoxy groups -OCH3 is 1. The fourth-order valence-corrected chi connectivity index (χ4v) is 7.01. The van der Waals surface area contributed by atoms with Crippen molar-refractivity contribution in [2.24, 2.45) is 0 Å². The van der Waals surface area contributed by atoms with E-state index < -0.39 is 28.5 Å². The van der Waals surface area contributed by atoms with Crippen LogP contribution >= 0.6 is 34.8 Å². The second-order valence-electron chi connectivity index (χ2n) is 11.3. The molecule has 0 bridgehead atoms. The number of aryl methyl sites for hydroxylation is 1. The highest BCUT2D eigenvalue weighted by atomic mass is 35.5. The van der Waals surface area contributed by atoms with Crippen LogP contribution in [0.25, 0.3) is 0 Å². The molecule has 8 nitrogen and oxygen atoms in total. The van der Waals surface area contributed by atoms with Crippen molar-refractivity contribution < 1.29 is 22.7 Å². The molecular formula is C36H38Cl3N3O5S. The van der Waals surface area contributed by atoms with E-state index in [1.807, 2.05) is 44.2 Å². The van der Waals surface area contributed by atoms with Crippen LogP contribution < -0.4 is 14.4 Å². The predicted octanol–water partition coefficient (Wildman–Crippen LogP) is 7.72. The third kappa shape index (κ3) is 9.44. The molecule has 12 heteroatoms. The first-order valence-electron chi connectivity index (χ1n) is 15.4. The molecule has 48 heavy (non-hydrogen) atoms. The van der Waals surface area contributed by atoms with Crippen LogP contribution in [0, 0.1) is 6.92 Å². The van der Waals surface area contributed by atoms with Crippen LogP contribution in [-0.2, 0) is 32.6 Å². The number of anilines is 1. The summed E-state index contributed by atoms with van der Waals surface area (Å²) in [5.41, 5.74) is 2.36. The van der Waals surface area contributed by atoms with Crippen molar-refractivity contribution in [3.63, 3.8) is 0 Å². The average Bonchev–Trinajstić information content (AvgIpc) is 3.07. The molecule has 0 heterocycles. The summed E-state index contributed by atoms with van der Waals surface area (Å²) in [4.78, 5) is 29.9.